The zero-order chi connectivity index (χ0) is 19.5. The fourth-order valence-corrected chi connectivity index (χ4v) is 3.94. The summed E-state index contributed by atoms with van der Waals surface area (Å²) in [7, 11) is -1.81. The fraction of sp³-hybridized carbons (Fsp3) is 0.556. The molecule has 1 aromatic rings. The predicted molar refractivity (Wildman–Crippen MR) is 102 cm³/mol. The number of amides is 1. The monoisotopic (exact) mass is 380 g/mol. The van der Waals surface area contributed by atoms with Gasteiger partial charge in [-0.15, -0.1) is 0 Å². The molecule has 8 heteroatoms. The number of benzene rings is 1. The first-order valence-electron chi connectivity index (χ1n) is 8.81. The van der Waals surface area contributed by atoms with Crippen LogP contribution in [-0.2, 0) is 14.8 Å². The minimum Gasteiger partial charge on any atom is -0.346 e. The summed E-state index contributed by atoms with van der Waals surface area (Å²) in [5.41, 5.74) is 6.57. The lowest BCUT2D eigenvalue weighted by molar-refractivity contribution is -0.130. The van der Waals surface area contributed by atoms with Crippen molar-refractivity contribution in [2.45, 2.75) is 50.6 Å². The van der Waals surface area contributed by atoms with Crippen LogP contribution in [0.1, 0.15) is 39.2 Å². The van der Waals surface area contributed by atoms with E-state index in [0.29, 0.717) is 23.9 Å². The van der Waals surface area contributed by atoms with Crippen molar-refractivity contribution in [3.05, 3.63) is 29.8 Å². The summed E-state index contributed by atoms with van der Waals surface area (Å²) in [6.45, 7) is 6.51. The highest BCUT2D eigenvalue weighted by Gasteiger charge is 2.30. The average Bonchev–Trinajstić information content (AvgIpc) is 2.82. The van der Waals surface area contributed by atoms with E-state index in [2.05, 4.69) is 23.6 Å². The molecular formula is C18H28N4O3S. The Kier molecular flexibility index (Phi) is 6.41. The van der Waals surface area contributed by atoms with Crippen LogP contribution < -0.4 is 10.5 Å². The summed E-state index contributed by atoms with van der Waals surface area (Å²) >= 11 is 0. The summed E-state index contributed by atoms with van der Waals surface area (Å²) in [6, 6.07) is 6.41. The van der Waals surface area contributed by atoms with Crippen LogP contribution in [0.25, 0.3) is 0 Å². The van der Waals surface area contributed by atoms with Crippen molar-refractivity contribution in [3.8, 4) is 0 Å². The molecule has 0 radical (unpaired) electrons. The summed E-state index contributed by atoms with van der Waals surface area (Å²) < 4.78 is 26.7. The topological polar surface area (TPSA) is 105 Å². The molecule has 2 unspecified atom stereocenters. The van der Waals surface area contributed by atoms with E-state index in [1.807, 2.05) is 0 Å². The number of hydrogen-bond donors (Lipinski definition) is 2. The SMILES string of the molecule is CC(CC(=O)N(C)CCC(N)C(C)C)N=C1NS(=O)(=O)c2ccccc21. The molecule has 1 heterocycles. The lowest BCUT2D eigenvalue weighted by Gasteiger charge is -2.22. The predicted octanol–water partition coefficient (Wildman–Crippen LogP) is 1.34. The Labute approximate surface area is 155 Å². The Balaban J connectivity index is 1.99. The molecule has 1 amide bonds. The van der Waals surface area contributed by atoms with Gasteiger partial charge in [-0.1, -0.05) is 26.0 Å². The van der Waals surface area contributed by atoms with Gasteiger partial charge in [0, 0.05) is 31.6 Å². The van der Waals surface area contributed by atoms with Gasteiger partial charge in [0.2, 0.25) is 5.91 Å². The van der Waals surface area contributed by atoms with Crippen molar-refractivity contribution in [1.82, 2.24) is 9.62 Å². The number of rotatable bonds is 7. The minimum atomic E-state index is -3.56. The molecule has 0 aliphatic carbocycles. The molecule has 0 bridgehead atoms. The van der Waals surface area contributed by atoms with Crippen molar-refractivity contribution >= 4 is 21.8 Å². The van der Waals surface area contributed by atoms with Crippen LogP contribution >= 0.6 is 0 Å². The first kappa shape index (κ1) is 20.4. The number of hydrogen-bond acceptors (Lipinski definition) is 5. The molecule has 2 rings (SSSR count). The molecule has 0 saturated carbocycles. The van der Waals surface area contributed by atoms with Crippen molar-refractivity contribution in [1.29, 1.82) is 0 Å². The maximum atomic E-state index is 12.4. The molecule has 26 heavy (non-hydrogen) atoms. The van der Waals surface area contributed by atoms with Gasteiger partial charge in [-0.25, -0.2) is 8.42 Å². The maximum absolute atomic E-state index is 12.4. The standard InChI is InChI=1S/C18H28N4O3S/c1-12(2)15(19)9-10-22(4)17(23)11-13(3)20-18-14-7-5-6-8-16(14)26(24,25)21-18/h5-8,12-13,15H,9-11,19H2,1-4H3,(H,20,21). The second-order valence-corrected chi connectivity index (χ2v) is 8.80. The number of carbonyl (C=O) groups is 1. The van der Waals surface area contributed by atoms with Gasteiger partial charge in [0.15, 0.2) is 0 Å². The fourth-order valence-electron chi connectivity index (χ4n) is 2.71. The highest BCUT2D eigenvalue weighted by atomic mass is 32.2. The number of amidine groups is 1. The number of nitrogens with one attached hydrogen (secondary N) is 1. The summed E-state index contributed by atoms with van der Waals surface area (Å²) in [5, 5.41) is 0. The molecule has 3 N–H and O–H groups in total. The lowest BCUT2D eigenvalue weighted by Crippen LogP contribution is -2.35. The van der Waals surface area contributed by atoms with Gasteiger partial charge in [-0.05, 0) is 31.4 Å². The van der Waals surface area contributed by atoms with E-state index in [-0.39, 0.29) is 29.3 Å². The van der Waals surface area contributed by atoms with Crippen molar-refractivity contribution in [2.75, 3.05) is 13.6 Å². The molecule has 1 aromatic carbocycles. The first-order chi connectivity index (χ1) is 12.1. The lowest BCUT2D eigenvalue weighted by atomic mass is 10.0. The Bertz CT molecular complexity index is 789. The van der Waals surface area contributed by atoms with E-state index in [1.165, 1.54) is 0 Å². The number of nitrogens with two attached hydrogens (primary N) is 1. The third-order valence-corrected chi connectivity index (χ3v) is 5.96. The Hall–Kier alpha value is -1.93. The third-order valence-electron chi connectivity index (χ3n) is 4.56. The number of aliphatic imine (C=N–C) groups is 1. The van der Waals surface area contributed by atoms with Crippen molar-refractivity contribution in [2.24, 2.45) is 16.6 Å². The Morgan fingerprint density at radius 1 is 1.27 bits per heavy atom. The van der Waals surface area contributed by atoms with Crippen molar-refractivity contribution < 1.29 is 13.2 Å². The van der Waals surface area contributed by atoms with Crippen LogP contribution in [0.3, 0.4) is 0 Å². The number of carbonyl (C=O) groups excluding carboxylic acids is 1. The van der Waals surface area contributed by atoms with Crippen LogP contribution in [0.2, 0.25) is 0 Å². The van der Waals surface area contributed by atoms with E-state index in [1.54, 1.807) is 43.1 Å². The van der Waals surface area contributed by atoms with Crippen LogP contribution in [0.15, 0.2) is 34.2 Å². The van der Waals surface area contributed by atoms with Gasteiger partial charge < -0.3 is 10.6 Å². The van der Waals surface area contributed by atoms with Gasteiger partial charge in [0.25, 0.3) is 10.0 Å². The number of sulfonamides is 1. The molecule has 0 fully saturated rings. The summed E-state index contributed by atoms with van der Waals surface area (Å²) in [6.07, 6.45) is 0.955. The molecule has 1 aliphatic heterocycles. The number of fused-ring (bicyclic) bond motifs is 1. The number of nitrogens with zero attached hydrogens (tertiary/aromatic N) is 2. The van der Waals surface area contributed by atoms with Gasteiger partial charge in [-0.2, -0.15) is 0 Å². The Morgan fingerprint density at radius 2 is 1.92 bits per heavy atom. The smallest absolute Gasteiger partial charge is 0.263 e. The second-order valence-electron chi connectivity index (χ2n) is 7.14. The quantitative estimate of drug-likeness (QED) is 0.744. The third kappa shape index (κ3) is 4.82. The zero-order valence-corrected chi connectivity index (χ0v) is 16.6. The molecule has 0 aromatic heterocycles. The van der Waals surface area contributed by atoms with Crippen LogP contribution in [0.5, 0.6) is 0 Å². The second kappa shape index (κ2) is 8.18. The van der Waals surface area contributed by atoms with Crippen molar-refractivity contribution in [3.63, 3.8) is 0 Å². The van der Waals surface area contributed by atoms with Gasteiger partial charge in [-0.3, -0.25) is 14.5 Å². The van der Waals surface area contributed by atoms with Crippen LogP contribution in [0, 0.1) is 5.92 Å². The molecule has 7 nitrogen and oxygen atoms in total. The van der Waals surface area contributed by atoms with Gasteiger partial charge >= 0.3 is 0 Å². The minimum absolute atomic E-state index is 0.0352. The highest BCUT2D eigenvalue weighted by Crippen LogP contribution is 2.22. The molecular weight excluding hydrogens is 352 g/mol. The largest absolute Gasteiger partial charge is 0.346 e. The average molecular weight is 381 g/mol. The molecule has 1 aliphatic rings. The molecule has 0 spiro atoms. The Morgan fingerprint density at radius 3 is 2.58 bits per heavy atom. The molecule has 2 atom stereocenters. The summed E-state index contributed by atoms with van der Waals surface area (Å²) in [4.78, 5) is 18.7. The van der Waals surface area contributed by atoms with E-state index in [4.69, 9.17) is 5.73 Å². The van der Waals surface area contributed by atoms with E-state index < -0.39 is 10.0 Å². The van der Waals surface area contributed by atoms with E-state index in [0.717, 1.165) is 6.42 Å². The van der Waals surface area contributed by atoms with Crippen LogP contribution in [-0.4, -0.2) is 50.7 Å². The summed E-state index contributed by atoms with van der Waals surface area (Å²) in [5.74, 6) is 0.636. The molecule has 144 valence electrons. The highest BCUT2D eigenvalue weighted by molar-refractivity contribution is 7.90. The molecule has 0 saturated heterocycles. The first-order valence-corrected chi connectivity index (χ1v) is 10.3. The zero-order valence-electron chi connectivity index (χ0n) is 15.8. The van der Waals surface area contributed by atoms with Crippen LogP contribution in [0.4, 0.5) is 0 Å². The van der Waals surface area contributed by atoms with Gasteiger partial charge in [0.05, 0.1) is 10.9 Å². The van der Waals surface area contributed by atoms with E-state index in [9.17, 15) is 13.2 Å². The normalized spacial score (nSPS) is 19.1. The van der Waals surface area contributed by atoms with Gasteiger partial charge in [0.1, 0.15) is 5.84 Å². The van der Waals surface area contributed by atoms with E-state index >= 15 is 0 Å². The maximum Gasteiger partial charge on any atom is 0.263 e.